The Labute approximate surface area is 102 Å². The molecule has 0 amide bonds. The Kier molecular flexibility index (Phi) is 2.75. The van der Waals surface area contributed by atoms with Gasteiger partial charge in [-0.25, -0.2) is 0 Å². The van der Waals surface area contributed by atoms with Crippen LogP contribution in [0.15, 0.2) is 30.3 Å². The van der Waals surface area contributed by atoms with Crippen LogP contribution in [0.25, 0.3) is 0 Å². The summed E-state index contributed by atoms with van der Waals surface area (Å²) in [5.41, 5.74) is 1.08. The molecule has 2 fully saturated rings. The second-order valence-corrected chi connectivity index (χ2v) is 5.20. The molecule has 0 radical (unpaired) electrons. The van der Waals surface area contributed by atoms with E-state index in [9.17, 15) is 4.79 Å². The van der Waals surface area contributed by atoms with Crippen LogP contribution in [0.5, 0.6) is 0 Å². The molecule has 0 atom stereocenters. The first-order valence-electron chi connectivity index (χ1n) is 6.50. The Balaban J connectivity index is 1.81. The predicted molar refractivity (Wildman–Crippen MR) is 65.9 cm³/mol. The summed E-state index contributed by atoms with van der Waals surface area (Å²) in [5.74, 6) is 0.693. The van der Waals surface area contributed by atoms with Gasteiger partial charge in [0.05, 0.1) is 5.41 Å². The largest absolute Gasteiger partial charge is 0.381 e. The lowest BCUT2D eigenvalue weighted by Gasteiger charge is -2.25. The zero-order valence-corrected chi connectivity index (χ0v) is 10.0. The van der Waals surface area contributed by atoms with Crippen molar-refractivity contribution in [2.75, 3.05) is 13.2 Å². The number of ketones is 1. The molecular formula is C15H18O2. The van der Waals surface area contributed by atoms with Gasteiger partial charge in [0.15, 0.2) is 0 Å². The first-order valence-corrected chi connectivity index (χ1v) is 6.50. The third kappa shape index (κ3) is 1.91. The maximum absolute atomic E-state index is 12.6. The first kappa shape index (κ1) is 11.0. The van der Waals surface area contributed by atoms with Crippen LogP contribution < -0.4 is 0 Å². The van der Waals surface area contributed by atoms with Crippen molar-refractivity contribution in [2.45, 2.75) is 31.1 Å². The summed E-state index contributed by atoms with van der Waals surface area (Å²) in [6, 6.07) is 10.3. The monoisotopic (exact) mass is 230 g/mol. The Bertz CT molecular complexity index is 400. The molecule has 1 aliphatic heterocycles. The Morgan fingerprint density at radius 1 is 1.12 bits per heavy atom. The molecule has 2 aliphatic rings. The molecule has 0 bridgehead atoms. The van der Waals surface area contributed by atoms with E-state index in [1.807, 2.05) is 18.2 Å². The zero-order valence-electron chi connectivity index (χ0n) is 10.0. The van der Waals surface area contributed by atoms with Crippen molar-refractivity contribution in [1.82, 2.24) is 0 Å². The maximum atomic E-state index is 12.6. The van der Waals surface area contributed by atoms with Gasteiger partial charge in [-0.1, -0.05) is 30.3 Å². The second-order valence-electron chi connectivity index (χ2n) is 5.20. The van der Waals surface area contributed by atoms with Gasteiger partial charge in [0.25, 0.3) is 0 Å². The highest BCUT2D eigenvalue weighted by atomic mass is 16.5. The zero-order chi connectivity index (χ0) is 11.7. The molecule has 1 aliphatic carbocycles. The Morgan fingerprint density at radius 3 is 2.35 bits per heavy atom. The molecule has 1 saturated carbocycles. The number of hydrogen-bond acceptors (Lipinski definition) is 2. The van der Waals surface area contributed by atoms with Crippen molar-refractivity contribution in [2.24, 2.45) is 5.92 Å². The van der Waals surface area contributed by atoms with E-state index in [0.717, 1.165) is 38.9 Å². The van der Waals surface area contributed by atoms with Crippen LogP contribution in [0.3, 0.4) is 0 Å². The topological polar surface area (TPSA) is 26.3 Å². The van der Waals surface area contributed by atoms with Crippen molar-refractivity contribution in [3.05, 3.63) is 35.9 Å². The molecule has 0 spiro atoms. The first-order chi connectivity index (χ1) is 8.33. The SMILES string of the molecule is O=C(C1CCOCC1)C1(c2ccccc2)CC1. The molecule has 2 heteroatoms. The van der Waals surface area contributed by atoms with E-state index in [0.29, 0.717) is 5.78 Å². The average molecular weight is 230 g/mol. The summed E-state index contributed by atoms with van der Waals surface area (Å²) in [5, 5.41) is 0. The predicted octanol–water partition coefficient (Wildman–Crippen LogP) is 2.71. The molecule has 1 saturated heterocycles. The van der Waals surface area contributed by atoms with E-state index in [-0.39, 0.29) is 11.3 Å². The number of carbonyl (C=O) groups is 1. The average Bonchev–Trinajstić information content (AvgIpc) is 3.21. The van der Waals surface area contributed by atoms with Gasteiger partial charge in [-0.3, -0.25) is 4.79 Å². The van der Waals surface area contributed by atoms with Gasteiger partial charge in [0, 0.05) is 19.1 Å². The van der Waals surface area contributed by atoms with E-state index < -0.39 is 0 Å². The van der Waals surface area contributed by atoms with E-state index in [4.69, 9.17) is 4.74 Å². The van der Waals surface area contributed by atoms with E-state index >= 15 is 0 Å². The minimum Gasteiger partial charge on any atom is -0.381 e. The number of hydrogen-bond donors (Lipinski definition) is 0. The standard InChI is InChI=1S/C15H18O2/c16-14(12-6-10-17-11-7-12)15(8-9-15)13-4-2-1-3-5-13/h1-5,12H,6-11H2. The third-order valence-corrected chi connectivity index (χ3v) is 4.14. The minimum absolute atomic E-state index is 0.136. The van der Waals surface area contributed by atoms with E-state index in [2.05, 4.69) is 12.1 Å². The lowest BCUT2D eigenvalue weighted by Crippen LogP contribution is -2.32. The Hall–Kier alpha value is -1.15. The van der Waals surface area contributed by atoms with Gasteiger partial charge in [-0.15, -0.1) is 0 Å². The van der Waals surface area contributed by atoms with Crippen molar-refractivity contribution in [3.8, 4) is 0 Å². The minimum atomic E-state index is -0.136. The molecule has 1 heterocycles. The van der Waals surface area contributed by atoms with Crippen molar-refractivity contribution in [1.29, 1.82) is 0 Å². The van der Waals surface area contributed by atoms with Crippen molar-refractivity contribution >= 4 is 5.78 Å². The molecule has 3 rings (SSSR count). The molecule has 90 valence electrons. The third-order valence-electron chi connectivity index (χ3n) is 4.14. The molecule has 0 unspecified atom stereocenters. The van der Waals surface area contributed by atoms with E-state index in [1.54, 1.807) is 0 Å². The second kappa shape index (κ2) is 4.26. The van der Waals surface area contributed by atoms with Gasteiger partial charge < -0.3 is 4.74 Å². The highest BCUT2D eigenvalue weighted by Gasteiger charge is 2.52. The summed E-state index contributed by atoms with van der Waals surface area (Å²) in [6.45, 7) is 1.50. The fourth-order valence-electron chi connectivity index (χ4n) is 2.91. The van der Waals surface area contributed by atoms with E-state index in [1.165, 1.54) is 5.56 Å². The van der Waals surface area contributed by atoms with Crippen LogP contribution in [0.2, 0.25) is 0 Å². The van der Waals surface area contributed by atoms with Crippen molar-refractivity contribution < 1.29 is 9.53 Å². The van der Waals surface area contributed by atoms with Gasteiger partial charge in [-0.05, 0) is 31.2 Å². The van der Waals surface area contributed by atoms with Gasteiger partial charge in [0.2, 0.25) is 0 Å². The molecule has 17 heavy (non-hydrogen) atoms. The van der Waals surface area contributed by atoms with Gasteiger partial charge >= 0.3 is 0 Å². The summed E-state index contributed by atoms with van der Waals surface area (Å²) in [7, 11) is 0. The molecular weight excluding hydrogens is 212 g/mol. The van der Waals surface area contributed by atoms with Crippen LogP contribution in [-0.2, 0) is 14.9 Å². The number of rotatable bonds is 3. The summed E-state index contributed by atoms with van der Waals surface area (Å²) in [4.78, 5) is 12.6. The highest BCUT2D eigenvalue weighted by Crippen LogP contribution is 2.51. The summed E-state index contributed by atoms with van der Waals surface area (Å²) < 4.78 is 5.34. The van der Waals surface area contributed by atoms with Crippen molar-refractivity contribution in [3.63, 3.8) is 0 Å². The normalized spacial score (nSPS) is 23.3. The molecule has 1 aromatic rings. The van der Waals surface area contributed by atoms with Gasteiger partial charge in [-0.2, -0.15) is 0 Å². The number of carbonyl (C=O) groups excluding carboxylic acids is 1. The molecule has 0 aromatic heterocycles. The molecule has 1 aromatic carbocycles. The lowest BCUT2D eigenvalue weighted by molar-refractivity contribution is -0.128. The number of Topliss-reactive ketones (excluding diaryl/α,β-unsaturated/α-hetero) is 1. The molecule has 2 nitrogen and oxygen atoms in total. The summed E-state index contributed by atoms with van der Waals surface area (Å²) in [6.07, 6.45) is 3.89. The Morgan fingerprint density at radius 2 is 1.76 bits per heavy atom. The fourth-order valence-corrected chi connectivity index (χ4v) is 2.91. The van der Waals surface area contributed by atoms with Gasteiger partial charge in [0.1, 0.15) is 5.78 Å². The maximum Gasteiger partial charge on any atom is 0.146 e. The van der Waals surface area contributed by atoms with Crippen LogP contribution >= 0.6 is 0 Å². The molecule has 0 N–H and O–H groups in total. The smallest absolute Gasteiger partial charge is 0.146 e. The number of benzene rings is 1. The van der Waals surface area contributed by atoms with Crippen LogP contribution in [0, 0.1) is 5.92 Å². The quantitative estimate of drug-likeness (QED) is 0.798. The van der Waals surface area contributed by atoms with Crippen LogP contribution in [0.1, 0.15) is 31.2 Å². The lowest BCUT2D eigenvalue weighted by atomic mass is 9.81. The van der Waals surface area contributed by atoms with Crippen LogP contribution in [0.4, 0.5) is 0 Å². The summed E-state index contributed by atoms with van der Waals surface area (Å²) >= 11 is 0. The van der Waals surface area contributed by atoms with Crippen LogP contribution in [-0.4, -0.2) is 19.0 Å². The fraction of sp³-hybridized carbons (Fsp3) is 0.533. The number of ether oxygens (including phenoxy) is 1. The highest BCUT2D eigenvalue weighted by molar-refractivity contribution is 5.94.